The van der Waals surface area contributed by atoms with Crippen LogP contribution in [0.4, 0.5) is 0 Å². The predicted molar refractivity (Wildman–Crippen MR) is 60.1 cm³/mol. The van der Waals surface area contributed by atoms with Crippen molar-refractivity contribution in [3.05, 3.63) is 0 Å². The Kier molecular flexibility index (Phi) is 4.99. The Morgan fingerprint density at radius 1 is 1.31 bits per heavy atom. The first kappa shape index (κ1) is 13.0. The van der Waals surface area contributed by atoms with Crippen molar-refractivity contribution in [2.45, 2.75) is 26.8 Å². The maximum Gasteiger partial charge on any atom is 0.198 e. The molecule has 0 spiro atoms. The van der Waals surface area contributed by atoms with E-state index in [0.717, 1.165) is 0 Å². The third kappa shape index (κ3) is 4.67. The van der Waals surface area contributed by atoms with Crippen molar-refractivity contribution in [3.63, 3.8) is 0 Å². The molecule has 0 aliphatic heterocycles. The standard InChI is InChI=1S/C8H17NO2S2/c1-6(2)7(3)9-8(12-4)13(5,10)11/h6-7H,1-5H3/t7-/m1/s1. The topological polar surface area (TPSA) is 46.5 Å². The number of sulfone groups is 1. The number of aliphatic imine (C=N–C) groups is 1. The number of nitrogens with zero attached hydrogens (tertiary/aromatic N) is 1. The second kappa shape index (κ2) is 5.00. The van der Waals surface area contributed by atoms with E-state index in [1.54, 1.807) is 6.26 Å². The zero-order chi connectivity index (χ0) is 10.6. The maximum absolute atomic E-state index is 11.2. The number of hydrogen-bond donors (Lipinski definition) is 0. The van der Waals surface area contributed by atoms with E-state index < -0.39 is 9.84 Å². The van der Waals surface area contributed by atoms with Crippen molar-refractivity contribution in [1.29, 1.82) is 0 Å². The lowest BCUT2D eigenvalue weighted by molar-refractivity contribution is 0.532. The van der Waals surface area contributed by atoms with E-state index in [0.29, 0.717) is 5.92 Å². The van der Waals surface area contributed by atoms with Crippen molar-refractivity contribution in [1.82, 2.24) is 0 Å². The Balaban J connectivity index is 4.79. The molecule has 78 valence electrons. The van der Waals surface area contributed by atoms with Gasteiger partial charge in [0, 0.05) is 6.26 Å². The summed E-state index contributed by atoms with van der Waals surface area (Å²) in [6, 6.07) is 0.0529. The third-order valence-electron chi connectivity index (χ3n) is 1.77. The van der Waals surface area contributed by atoms with Gasteiger partial charge in [-0.25, -0.2) is 8.42 Å². The number of rotatable bonds is 2. The molecule has 0 aromatic carbocycles. The first-order valence-electron chi connectivity index (χ1n) is 4.11. The summed E-state index contributed by atoms with van der Waals surface area (Å²) in [6.07, 6.45) is 2.92. The van der Waals surface area contributed by atoms with Gasteiger partial charge in [-0.2, -0.15) is 0 Å². The summed E-state index contributed by atoms with van der Waals surface area (Å²) in [5.74, 6) is 0.365. The van der Waals surface area contributed by atoms with E-state index in [9.17, 15) is 8.42 Å². The van der Waals surface area contributed by atoms with Gasteiger partial charge in [0.15, 0.2) is 14.2 Å². The van der Waals surface area contributed by atoms with Gasteiger partial charge >= 0.3 is 0 Å². The summed E-state index contributed by atoms with van der Waals surface area (Å²) >= 11 is 1.18. The zero-order valence-corrected chi connectivity index (χ0v) is 10.4. The van der Waals surface area contributed by atoms with Gasteiger partial charge in [0.1, 0.15) is 0 Å². The Morgan fingerprint density at radius 3 is 2.00 bits per heavy atom. The fourth-order valence-electron chi connectivity index (χ4n) is 0.615. The minimum absolute atomic E-state index is 0.0529. The first-order chi connectivity index (χ1) is 5.79. The van der Waals surface area contributed by atoms with Gasteiger partial charge in [0.05, 0.1) is 6.04 Å². The molecule has 0 aromatic heterocycles. The quantitative estimate of drug-likeness (QED) is 0.529. The third-order valence-corrected chi connectivity index (χ3v) is 4.37. The van der Waals surface area contributed by atoms with Gasteiger partial charge < -0.3 is 0 Å². The fourth-order valence-corrected chi connectivity index (χ4v) is 2.46. The summed E-state index contributed by atoms with van der Waals surface area (Å²) in [5, 5.41) is 0. The van der Waals surface area contributed by atoms with Crippen LogP contribution in [0, 0.1) is 5.92 Å². The molecule has 0 bridgehead atoms. The van der Waals surface area contributed by atoms with Crippen molar-refractivity contribution in [3.8, 4) is 0 Å². The average Bonchev–Trinajstić information content (AvgIpc) is 1.96. The molecule has 13 heavy (non-hydrogen) atoms. The zero-order valence-electron chi connectivity index (χ0n) is 8.73. The smallest absolute Gasteiger partial charge is 0.198 e. The van der Waals surface area contributed by atoms with E-state index in [1.807, 2.05) is 20.8 Å². The van der Waals surface area contributed by atoms with E-state index >= 15 is 0 Å². The van der Waals surface area contributed by atoms with Gasteiger partial charge in [-0.05, 0) is 19.1 Å². The Morgan fingerprint density at radius 2 is 1.77 bits per heavy atom. The molecule has 3 nitrogen and oxygen atoms in total. The maximum atomic E-state index is 11.2. The highest BCUT2D eigenvalue weighted by Crippen LogP contribution is 2.12. The second-order valence-corrected chi connectivity index (χ2v) is 6.34. The van der Waals surface area contributed by atoms with Crippen LogP contribution in [0.2, 0.25) is 0 Å². The van der Waals surface area contributed by atoms with Crippen LogP contribution in [0.3, 0.4) is 0 Å². The summed E-state index contributed by atoms with van der Waals surface area (Å²) in [4.78, 5) is 4.16. The summed E-state index contributed by atoms with van der Waals surface area (Å²) < 4.78 is 22.6. The largest absolute Gasteiger partial charge is 0.264 e. The first-order valence-corrected chi connectivity index (χ1v) is 7.22. The number of thioether (sulfide) groups is 1. The molecule has 1 atom stereocenters. The molecule has 0 aliphatic rings. The van der Waals surface area contributed by atoms with Crippen molar-refractivity contribution < 1.29 is 8.42 Å². The van der Waals surface area contributed by atoms with E-state index in [-0.39, 0.29) is 10.4 Å². The van der Waals surface area contributed by atoms with Gasteiger partial charge in [-0.15, -0.1) is 0 Å². The molecule has 0 aliphatic carbocycles. The lowest BCUT2D eigenvalue weighted by Gasteiger charge is -2.11. The molecule has 0 unspecified atom stereocenters. The fraction of sp³-hybridized carbons (Fsp3) is 0.875. The molecule has 0 rings (SSSR count). The highest BCUT2D eigenvalue weighted by Gasteiger charge is 2.14. The molecule has 5 heteroatoms. The van der Waals surface area contributed by atoms with Crippen molar-refractivity contribution >= 4 is 26.0 Å². The minimum atomic E-state index is -3.13. The monoisotopic (exact) mass is 223 g/mol. The van der Waals surface area contributed by atoms with Gasteiger partial charge in [-0.1, -0.05) is 25.6 Å². The Labute approximate surface area is 84.9 Å². The van der Waals surface area contributed by atoms with Crippen LogP contribution < -0.4 is 0 Å². The normalized spacial score (nSPS) is 16.3. The summed E-state index contributed by atoms with van der Waals surface area (Å²) in [7, 11) is -3.13. The molecule has 0 heterocycles. The van der Waals surface area contributed by atoms with Crippen molar-refractivity contribution in [2.75, 3.05) is 12.5 Å². The summed E-state index contributed by atoms with van der Waals surface area (Å²) in [5.41, 5.74) is 0. The van der Waals surface area contributed by atoms with Crippen LogP contribution >= 0.6 is 11.8 Å². The van der Waals surface area contributed by atoms with Gasteiger partial charge in [0.25, 0.3) is 0 Å². The SMILES string of the molecule is CSC(=N[C@H](C)C(C)C)S(C)(=O)=O. The summed E-state index contributed by atoms with van der Waals surface area (Å²) in [6.45, 7) is 5.97. The highest BCUT2D eigenvalue weighted by molar-refractivity contribution is 8.34. The van der Waals surface area contributed by atoms with Crippen molar-refractivity contribution in [2.24, 2.45) is 10.9 Å². The highest BCUT2D eigenvalue weighted by atomic mass is 32.3. The molecule has 0 aromatic rings. The van der Waals surface area contributed by atoms with Crippen LogP contribution in [0.5, 0.6) is 0 Å². The lowest BCUT2D eigenvalue weighted by atomic mass is 10.1. The Hall–Kier alpha value is -0.0300. The van der Waals surface area contributed by atoms with Crippen LogP contribution in [0.25, 0.3) is 0 Å². The van der Waals surface area contributed by atoms with Gasteiger partial charge in [0.2, 0.25) is 0 Å². The molecule has 0 saturated carbocycles. The lowest BCUT2D eigenvalue weighted by Crippen LogP contribution is -2.15. The van der Waals surface area contributed by atoms with Crippen LogP contribution in [-0.2, 0) is 9.84 Å². The van der Waals surface area contributed by atoms with E-state index in [2.05, 4.69) is 4.99 Å². The second-order valence-electron chi connectivity index (χ2n) is 3.36. The minimum Gasteiger partial charge on any atom is -0.264 e. The molecule has 0 fully saturated rings. The van der Waals surface area contributed by atoms with Crippen LogP contribution in [-0.4, -0.2) is 31.3 Å². The number of hydrogen-bond acceptors (Lipinski definition) is 4. The Bertz CT molecular complexity index is 281. The molecular formula is C8H17NO2S2. The molecule has 0 saturated heterocycles. The van der Waals surface area contributed by atoms with Crippen LogP contribution in [0.15, 0.2) is 4.99 Å². The van der Waals surface area contributed by atoms with Gasteiger partial charge in [-0.3, -0.25) is 4.99 Å². The molecular weight excluding hydrogens is 206 g/mol. The van der Waals surface area contributed by atoms with E-state index in [1.165, 1.54) is 18.0 Å². The van der Waals surface area contributed by atoms with E-state index in [4.69, 9.17) is 0 Å². The molecule has 0 radical (unpaired) electrons. The molecule has 0 N–H and O–H groups in total. The predicted octanol–water partition coefficient (Wildman–Crippen LogP) is 1.79. The average molecular weight is 223 g/mol. The molecule has 0 amide bonds. The van der Waals surface area contributed by atoms with Crippen LogP contribution in [0.1, 0.15) is 20.8 Å².